The van der Waals surface area contributed by atoms with E-state index in [0.717, 1.165) is 38.5 Å². The monoisotopic (exact) mass is 483 g/mol. The molecule has 4 fully saturated rings. The fraction of sp³-hybridized carbons (Fsp3) is 0.640. The maximum Gasteiger partial charge on any atom is 0.401 e. The number of piperazine rings is 1. The van der Waals surface area contributed by atoms with Crippen molar-refractivity contribution in [2.75, 3.05) is 45.9 Å². The largest absolute Gasteiger partial charge is 0.489 e. The van der Waals surface area contributed by atoms with Gasteiger partial charge in [-0.1, -0.05) is 12.1 Å². The summed E-state index contributed by atoms with van der Waals surface area (Å²) in [5.41, 5.74) is 6.77. The minimum absolute atomic E-state index is 0.0488. The summed E-state index contributed by atoms with van der Waals surface area (Å²) in [6.07, 6.45) is 1.49. The number of hydrogen-bond donors (Lipinski definition) is 1. The third-order valence-corrected chi connectivity index (χ3v) is 8.07. The van der Waals surface area contributed by atoms with Crippen LogP contribution in [0.25, 0.3) is 0 Å². The van der Waals surface area contributed by atoms with E-state index in [1.54, 1.807) is 4.90 Å². The van der Waals surface area contributed by atoms with E-state index in [0.29, 0.717) is 30.7 Å². The van der Waals surface area contributed by atoms with Crippen LogP contribution in [0.3, 0.4) is 0 Å². The number of ether oxygens (including phenoxy) is 1. The number of fused-ring (bicyclic) bond motifs is 3. The molecule has 0 unspecified atom stereocenters. The Bertz CT molecular complexity index is 868. The van der Waals surface area contributed by atoms with Crippen LogP contribution in [0, 0.1) is 5.41 Å². The van der Waals surface area contributed by atoms with Crippen molar-refractivity contribution in [1.82, 2.24) is 9.80 Å². The first kappa shape index (κ1) is 25.0. The topological polar surface area (TPSA) is 58.8 Å². The second kappa shape index (κ2) is 9.85. The van der Waals surface area contributed by atoms with Gasteiger partial charge in [0.05, 0.1) is 12.9 Å². The molecule has 0 radical (unpaired) electrons. The molecule has 0 spiro atoms. The summed E-state index contributed by atoms with van der Waals surface area (Å²) in [6.45, 7) is 0.599. The van der Waals surface area contributed by atoms with Gasteiger partial charge in [0.15, 0.2) is 0 Å². The Morgan fingerprint density at radius 2 is 1.59 bits per heavy atom. The van der Waals surface area contributed by atoms with Crippen LogP contribution >= 0.6 is 0 Å². The minimum Gasteiger partial charge on any atom is -0.489 e. The van der Waals surface area contributed by atoms with Crippen molar-refractivity contribution < 1.29 is 27.1 Å². The van der Waals surface area contributed by atoms with Crippen molar-refractivity contribution in [3.8, 4) is 5.75 Å². The van der Waals surface area contributed by atoms with Crippen LogP contribution < -0.4 is 10.5 Å². The van der Waals surface area contributed by atoms with Gasteiger partial charge in [-0.3, -0.25) is 9.69 Å². The Hall–Kier alpha value is -2.13. The lowest BCUT2D eigenvalue weighted by molar-refractivity contribution is -0.158. The van der Waals surface area contributed by atoms with E-state index in [1.807, 2.05) is 12.1 Å². The summed E-state index contributed by atoms with van der Waals surface area (Å²) in [6, 6.07) is 7.93. The zero-order valence-electron chi connectivity index (χ0n) is 19.4. The average molecular weight is 484 g/mol. The van der Waals surface area contributed by atoms with Crippen LogP contribution in [0.4, 0.5) is 17.6 Å². The number of carbonyl (C=O) groups is 1. The van der Waals surface area contributed by atoms with E-state index in [-0.39, 0.29) is 43.0 Å². The van der Waals surface area contributed by atoms with Gasteiger partial charge in [0.2, 0.25) is 5.91 Å². The molecule has 2 N–H and O–H groups in total. The summed E-state index contributed by atoms with van der Waals surface area (Å²) < 4.78 is 56.2. The van der Waals surface area contributed by atoms with Gasteiger partial charge < -0.3 is 15.4 Å². The molecule has 1 aliphatic heterocycles. The maximum atomic E-state index is 13.4. The molecule has 4 aliphatic rings. The molecule has 3 saturated carbocycles. The van der Waals surface area contributed by atoms with E-state index >= 15 is 0 Å². The number of alkyl halides is 3. The molecular weight excluding hydrogens is 450 g/mol. The van der Waals surface area contributed by atoms with Crippen molar-refractivity contribution >= 4 is 5.91 Å². The lowest BCUT2D eigenvalue weighted by Crippen LogP contribution is -2.57. The van der Waals surface area contributed by atoms with Crippen molar-refractivity contribution in [2.24, 2.45) is 11.1 Å². The van der Waals surface area contributed by atoms with Crippen molar-refractivity contribution in [3.63, 3.8) is 0 Å². The number of hydrogen-bond acceptors (Lipinski definition) is 4. The molecule has 2 bridgehead atoms. The minimum atomic E-state index is -4.20. The van der Waals surface area contributed by atoms with Crippen LogP contribution in [0.2, 0.25) is 0 Å². The Morgan fingerprint density at radius 1 is 1.00 bits per heavy atom. The highest BCUT2D eigenvalue weighted by molar-refractivity contribution is 5.83. The normalized spacial score (nSPS) is 28.3. The van der Waals surface area contributed by atoms with E-state index in [4.69, 9.17) is 10.5 Å². The summed E-state index contributed by atoms with van der Waals surface area (Å²) in [7, 11) is 0. The van der Waals surface area contributed by atoms with Crippen molar-refractivity contribution in [1.29, 1.82) is 0 Å². The number of halogens is 4. The third kappa shape index (κ3) is 5.25. The molecule has 188 valence electrons. The standard InChI is InChI=1S/C25H33F4N3O2/c26-15-19(16-30)17-34-21-3-1-20(2-4-21)23-5-8-24(9-6-23,10-7-23)22(33)32-13-11-31(12-14-32)18-25(27,28)29/h1-4,15H,5-14,16-18,30H2. The van der Waals surface area contributed by atoms with E-state index in [1.165, 1.54) is 10.5 Å². The Morgan fingerprint density at radius 3 is 2.09 bits per heavy atom. The zero-order valence-corrected chi connectivity index (χ0v) is 19.4. The molecule has 1 aromatic carbocycles. The van der Waals surface area contributed by atoms with Gasteiger partial charge in [0.25, 0.3) is 0 Å². The van der Waals surface area contributed by atoms with Crippen LogP contribution in [0.5, 0.6) is 5.75 Å². The Kier molecular flexibility index (Phi) is 7.24. The first-order valence-corrected chi connectivity index (χ1v) is 12.0. The lowest BCUT2D eigenvalue weighted by Gasteiger charge is -2.54. The summed E-state index contributed by atoms with van der Waals surface area (Å²) in [5, 5.41) is 0. The molecule has 9 heteroatoms. The van der Waals surface area contributed by atoms with E-state index < -0.39 is 12.7 Å². The van der Waals surface area contributed by atoms with Gasteiger partial charge in [-0.15, -0.1) is 0 Å². The number of amides is 1. The summed E-state index contributed by atoms with van der Waals surface area (Å²) in [5.74, 6) is 0.793. The first-order valence-electron chi connectivity index (χ1n) is 12.0. The molecule has 0 aromatic heterocycles. The van der Waals surface area contributed by atoms with Crippen LogP contribution in [-0.4, -0.2) is 67.8 Å². The predicted molar refractivity (Wildman–Crippen MR) is 121 cm³/mol. The number of nitrogens with zero attached hydrogens (tertiary/aromatic N) is 2. The highest BCUT2D eigenvalue weighted by atomic mass is 19.4. The molecule has 5 nitrogen and oxygen atoms in total. The van der Waals surface area contributed by atoms with Gasteiger partial charge in [0, 0.05) is 43.7 Å². The first-order chi connectivity index (χ1) is 16.2. The van der Waals surface area contributed by atoms with E-state index in [2.05, 4.69) is 12.1 Å². The molecule has 0 atom stereocenters. The second-order valence-electron chi connectivity index (χ2n) is 10.0. The molecule has 3 aliphatic carbocycles. The molecule has 34 heavy (non-hydrogen) atoms. The number of benzene rings is 1. The summed E-state index contributed by atoms with van der Waals surface area (Å²) >= 11 is 0. The quantitative estimate of drug-likeness (QED) is 0.592. The third-order valence-electron chi connectivity index (χ3n) is 8.07. The highest BCUT2D eigenvalue weighted by Gasteiger charge is 2.54. The predicted octanol–water partition coefficient (Wildman–Crippen LogP) is 4.18. The molecule has 1 saturated heterocycles. The van der Waals surface area contributed by atoms with Gasteiger partial charge in [-0.2, -0.15) is 13.2 Å². The summed E-state index contributed by atoms with van der Waals surface area (Å²) in [4.78, 5) is 16.6. The molecule has 1 heterocycles. The van der Waals surface area contributed by atoms with Crippen molar-refractivity contribution in [3.05, 3.63) is 41.7 Å². The van der Waals surface area contributed by atoms with Gasteiger partial charge in [-0.25, -0.2) is 4.39 Å². The molecule has 1 amide bonds. The average Bonchev–Trinajstić information content (AvgIpc) is 2.85. The zero-order chi connectivity index (χ0) is 24.4. The van der Waals surface area contributed by atoms with Gasteiger partial charge in [0.1, 0.15) is 12.4 Å². The smallest absolute Gasteiger partial charge is 0.401 e. The number of rotatable bonds is 7. The number of carbonyl (C=O) groups excluding carboxylic acids is 1. The van der Waals surface area contributed by atoms with E-state index in [9.17, 15) is 22.4 Å². The van der Waals surface area contributed by atoms with Crippen LogP contribution in [0.15, 0.2) is 36.2 Å². The molecule has 5 rings (SSSR count). The maximum absolute atomic E-state index is 13.4. The van der Waals surface area contributed by atoms with Crippen molar-refractivity contribution in [2.45, 2.75) is 50.1 Å². The van der Waals surface area contributed by atoms with Crippen LogP contribution in [0.1, 0.15) is 44.1 Å². The Labute approximate surface area is 197 Å². The molecular formula is C25H33F4N3O2. The fourth-order valence-corrected chi connectivity index (χ4v) is 5.85. The Balaban J connectivity index is 1.33. The fourth-order valence-electron chi connectivity index (χ4n) is 5.85. The lowest BCUT2D eigenvalue weighted by atomic mass is 9.51. The van der Waals surface area contributed by atoms with Crippen LogP contribution in [-0.2, 0) is 10.2 Å². The van der Waals surface area contributed by atoms with Gasteiger partial charge in [-0.05, 0) is 61.6 Å². The number of nitrogens with two attached hydrogens (primary N) is 1. The molecule has 1 aromatic rings. The van der Waals surface area contributed by atoms with Gasteiger partial charge >= 0.3 is 6.18 Å². The SMILES string of the molecule is NCC(=CF)COc1ccc(C23CCC(C(=O)N4CCN(CC(F)(F)F)CC4)(CC2)CC3)cc1. The highest BCUT2D eigenvalue weighted by Crippen LogP contribution is 2.58. The second-order valence-corrected chi connectivity index (χ2v) is 10.0.